The first-order chi connectivity index (χ1) is 9.55. The van der Waals surface area contributed by atoms with Gasteiger partial charge in [-0.05, 0) is 25.5 Å². The normalized spacial score (nSPS) is 10.4. The Morgan fingerprint density at radius 1 is 1.15 bits per heavy atom. The van der Waals surface area contributed by atoms with Crippen molar-refractivity contribution < 1.29 is 9.47 Å². The summed E-state index contributed by atoms with van der Waals surface area (Å²) < 4.78 is 12.4. The molecule has 0 spiro atoms. The first-order valence-electron chi connectivity index (χ1n) is 6.50. The summed E-state index contributed by atoms with van der Waals surface area (Å²) >= 11 is 0. The molecule has 0 atom stereocenters. The first kappa shape index (κ1) is 14.2. The molecule has 0 saturated heterocycles. The molecule has 1 N–H and O–H groups in total. The van der Waals surface area contributed by atoms with E-state index in [2.05, 4.69) is 10.4 Å². The van der Waals surface area contributed by atoms with E-state index in [0.29, 0.717) is 0 Å². The quantitative estimate of drug-likeness (QED) is 0.911. The molecule has 2 aromatic rings. The Morgan fingerprint density at radius 3 is 2.35 bits per heavy atom. The summed E-state index contributed by atoms with van der Waals surface area (Å²) in [5, 5.41) is 7.76. The number of rotatable bonds is 5. The molecule has 1 heterocycles. The van der Waals surface area contributed by atoms with E-state index in [0.717, 1.165) is 35.0 Å². The fraction of sp³-hybridized carbons (Fsp3) is 0.400. The molecular formula is C15H21N3O2. The minimum atomic E-state index is 0.725. The van der Waals surface area contributed by atoms with Crippen LogP contribution in [0.3, 0.4) is 0 Å². The SMILES string of the molecule is COc1cc(C)c(NCc2cn(C)nc2C)cc1OC. The number of hydrogen-bond acceptors (Lipinski definition) is 4. The first-order valence-corrected chi connectivity index (χ1v) is 6.50. The van der Waals surface area contributed by atoms with Crippen LogP contribution in [0.25, 0.3) is 0 Å². The highest BCUT2D eigenvalue weighted by Gasteiger charge is 2.09. The molecule has 0 aliphatic carbocycles. The van der Waals surface area contributed by atoms with Gasteiger partial charge in [-0.3, -0.25) is 4.68 Å². The molecule has 2 rings (SSSR count). The van der Waals surface area contributed by atoms with Crippen LogP contribution in [0.4, 0.5) is 5.69 Å². The van der Waals surface area contributed by atoms with Gasteiger partial charge < -0.3 is 14.8 Å². The number of nitrogens with zero attached hydrogens (tertiary/aromatic N) is 2. The van der Waals surface area contributed by atoms with Crippen LogP contribution < -0.4 is 14.8 Å². The summed E-state index contributed by atoms with van der Waals surface area (Å²) in [6, 6.07) is 3.93. The fourth-order valence-electron chi connectivity index (χ4n) is 2.18. The highest BCUT2D eigenvalue weighted by atomic mass is 16.5. The second kappa shape index (κ2) is 5.86. The molecule has 108 valence electrons. The van der Waals surface area contributed by atoms with Crippen LogP contribution in [0.1, 0.15) is 16.8 Å². The molecule has 1 aromatic heterocycles. The lowest BCUT2D eigenvalue weighted by atomic mass is 10.1. The largest absolute Gasteiger partial charge is 0.493 e. The summed E-state index contributed by atoms with van der Waals surface area (Å²) in [6.07, 6.45) is 2.03. The Bertz CT molecular complexity index is 605. The number of nitrogens with one attached hydrogen (secondary N) is 1. The number of hydrogen-bond donors (Lipinski definition) is 1. The molecule has 0 fully saturated rings. The average molecular weight is 275 g/mol. The third-order valence-corrected chi connectivity index (χ3v) is 3.31. The zero-order valence-corrected chi connectivity index (χ0v) is 12.7. The Balaban J connectivity index is 2.19. The predicted octanol–water partition coefficient (Wildman–Crippen LogP) is 2.67. The maximum Gasteiger partial charge on any atom is 0.162 e. The van der Waals surface area contributed by atoms with E-state index in [9.17, 15) is 0 Å². The zero-order chi connectivity index (χ0) is 14.7. The molecular weight excluding hydrogens is 254 g/mol. The molecule has 0 radical (unpaired) electrons. The second-order valence-electron chi connectivity index (χ2n) is 4.79. The van der Waals surface area contributed by atoms with Gasteiger partial charge in [0, 0.05) is 37.1 Å². The van der Waals surface area contributed by atoms with Gasteiger partial charge in [-0.15, -0.1) is 0 Å². The van der Waals surface area contributed by atoms with Crippen LogP contribution in [0, 0.1) is 13.8 Å². The standard InChI is InChI=1S/C15H21N3O2/c1-10-6-14(19-4)15(20-5)7-13(10)16-8-12-9-18(3)17-11(12)2/h6-7,9,16H,8H2,1-5H3. The molecule has 0 unspecified atom stereocenters. The van der Waals surface area contributed by atoms with Crippen LogP contribution >= 0.6 is 0 Å². The Hall–Kier alpha value is -2.17. The summed E-state index contributed by atoms with van der Waals surface area (Å²) in [5.41, 5.74) is 4.37. The third-order valence-electron chi connectivity index (χ3n) is 3.31. The fourth-order valence-corrected chi connectivity index (χ4v) is 2.18. The molecule has 5 heteroatoms. The van der Waals surface area contributed by atoms with Crippen molar-refractivity contribution in [2.75, 3.05) is 19.5 Å². The second-order valence-corrected chi connectivity index (χ2v) is 4.79. The third kappa shape index (κ3) is 2.87. The summed E-state index contributed by atoms with van der Waals surface area (Å²) in [4.78, 5) is 0. The van der Waals surface area contributed by atoms with Gasteiger partial charge in [0.25, 0.3) is 0 Å². The number of aryl methyl sites for hydroxylation is 3. The van der Waals surface area contributed by atoms with E-state index in [1.807, 2.05) is 43.9 Å². The van der Waals surface area contributed by atoms with Gasteiger partial charge in [0.15, 0.2) is 11.5 Å². The number of aromatic nitrogens is 2. The number of benzene rings is 1. The Morgan fingerprint density at radius 2 is 1.80 bits per heavy atom. The van der Waals surface area contributed by atoms with Crippen LogP contribution in [-0.4, -0.2) is 24.0 Å². The van der Waals surface area contributed by atoms with Crippen molar-refractivity contribution in [1.82, 2.24) is 9.78 Å². The van der Waals surface area contributed by atoms with Crippen LogP contribution in [0.5, 0.6) is 11.5 Å². The highest BCUT2D eigenvalue weighted by molar-refractivity contribution is 5.60. The van der Waals surface area contributed by atoms with E-state index >= 15 is 0 Å². The van der Waals surface area contributed by atoms with Crippen LogP contribution in [0.15, 0.2) is 18.3 Å². The molecule has 0 amide bonds. The van der Waals surface area contributed by atoms with Gasteiger partial charge in [-0.2, -0.15) is 5.10 Å². The minimum Gasteiger partial charge on any atom is -0.493 e. The van der Waals surface area contributed by atoms with Crippen LogP contribution in [0.2, 0.25) is 0 Å². The van der Waals surface area contributed by atoms with Crippen molar-refractivity contribution in [2.45, 2.75) is 20.4 Å². The Kier molecular flexibility index (Phi) is 4.17. The zero-order valence-electron chi connectivity index (χ0n) is 12.7. The molecule has 0 saturated carbocycles. The van der Waals surface area contributed by atoms with Gasteiger partial charge in [0.2, 0.25) is 0 Å². The molecule has 1 aromatic carbocycles. The maximum atomic E-state index is 5.33. The lowest BCUT2D eigenvalue weighted by Gasteiger charge is -2.14. The van der Waals surface area contributed by atoms with E-state index in [-0.39, 0.29) is 0 Å². The highest BCUT2D eigenvalue weighted by Crippen LogP contribution is 2.33. The lowest BCUT2D eigenvalue weighted by Crippen LogP contribution is -2.03. The number of anilines is 1. The van der Waals surface area contributed by atoms with E-state index < -0.39 is 0 Å². The average Bonchev–Trinajstić information content (AvgIpc) is 2.75. The number of methoxy groups -OCH3 is 2. The molecule has 20 heavy (non-hydrogen) atoms. The van der Waals surface area contributed by atoms with E-state index in [1.54, 1.807) is 14.2 Å². The molecule has 0 bridgehead atoms. The Labute approximate surface area is 119 Å². The van der Waals surface area contributed by atoms with E-state index in [4.69, 9.17) is 9.47 Å². The van der Waals surface area contributed by atoms with Gasteiger partial charge in [0.05, 0.1) is 19.9 Å². The predicted molar refractivity (Wildman–Crippen MR) is 79.6 cm³/mol. The van der Waals surface area contributed by atoms with Gasteiger partial charge in [-0.25, -0.2) is 0 Å². The van der Waals surface area contributed by atoms with Crippen molar-refractivity contribution in [2.24, 2.45) is 7.05 Å². The summed E-state index contributed by atoms with van der Waals surface area (Å²) in [7, 11) is 5.21. The lowest BCUT2D eigenvalue weighted by molar-refractivity contribution is 0.355. The topological polar surface area (TPSA) is 48.3 Å². The number of ether oxygens (including phenoxy) is 2. The van der Waals surface area contributed by atoms with Gasteiger partial charge in [-0.1, -0.05) is 0 Å². The smallest absolute Gasteiger partial charge is 0.162 e. The van der Waals surface area contributed by atoms with Crippen molar-refractivity contribution in [3.8, 4) is 11.5 Å². The molecule has 0 aliphatic heterocycles. The monoisotopic (exact) mass is 275 g/mol. The van der Waals surface area contributed by atoms with Gasteiger partial charge >= 0.3 is 0 Å². The maximum absolute atomic E-state index is 5.33. The van der Waals surface area contributed by atoms with E-state index in [1.165, 1.54) is 5.56 Å². The molecule has 5 nitrogen and oxygen atoms in total. The minimum absolute atomic E-state index is 0.725. The summed E-state index contributed by atoms with van der Waals surface area (Å²) in [6.45, 7) is 4.79. The van der Waals surface area contributed by atoms with Crippen molar-refractivity contribution >= 4 is 5.69 Å². The van der Waals surface area contributed by atoms with Crippen LogP contribution in [-0.2, 0) is 13.6 Å². The van der Waals surface area contributed by atoms with Crippen molar-refractivity contribution in [3.63, 3.8) is 0 Å². The van der Waals surface area contributed by atoms with Crippen molar-refractivity contribution in [3.05, 3.63) is 35.2 Å². The summed E-state index contributed by atoms with van der Waals surface area (Å²) in [5.74, 6) is 1.47. The van der Waals surface area contributed by atoms with Crippen molar-refractivity contribution in [1.29, 1.82) is 0 Å². The molecule has 0 aliphatic rings. The van der Waals surface area contributed by atoms with Gasteiger partial charge in [0.1, 0.15) is 0 Å².